The summed E-state index contributed by atoms with van der Waals surface area (Å²) in [6.45, 7) is 3.77. The van der Waals surface area contributed by atoms with Crippen LogP contribution in [0.4, 0.5) is 5.82 Å². The summed E-state index contributed by atoms with van der Waals surface area (Å²) in [7, 11) is 1.78. The molecule has 0 fully saturated rings. The normalized spacial score (nSPS) is 12.2. The van der Waals surface area contributed by atoms with E-state index in [4.69, 9.17) is 0 Å². The zero-order valence-electron chi connectivity index (χ0n) is 16.3. The molecule has 1 unspecified atom stereocenters. The minimum atomic E-state index is -0.102. The fourth-order valence-electron chi connectivity index (χ4n) is 2.81. The Balaban J connectivity index is 1.65. The first-order valence-corrected chi connectivity index (χ1v) is 9.26. The number of likely N-dealkylation sites (N-methyl/N-ethyl adjacent to an activating group) is 1. The number of anilines is 1. The van der Waals surface area contributed by atoms with E-state index in [1.165, 1.54) is 6.08 Å². The van der Waals surface area contributed by atoms with Crippen LogP contribution in [0, 0.1) is 0 Å². The number of amides is 2. The number of carbonyl (C=O) groups is 2. The van der Waals surface area contributed by atoms with E-state index in [9.17, 15) is 9.59 Å². The van der Waals surface area contributed by atoms with E-state index >= 15 is 0 Å². The van der Waals surface area contributed by atoms with Crippen molar-refractivity contribution in [2.24, 2.45) is 0 Å². The van der Waals surface area contributed by atoms with Crippen LogP contribution in [0.2, 0.25) is 0 Å². The Morgan fingerprint density at radius 2 is 2.04 bits per heavy atom. The van der Waals surface area contributed by atoms with E-state index in [1.807, 2.05) is 37.3 Å². The lowest BCUT2D eigenvalue weighted by Gasteiger charge is -2.22. The number of aromatic nitrogens is 2. The Morgan fingerprint density at radius 1 is 1.25 bits per heavy atom. The van der Waals surface area contributed by atoms with Gasteiger partial charge >= 0.3 is 0 Å². The smallest absolute Gasteiger partial charge is 0.246 e. The van der Waals surface area contributed by atoms with Gasteiger partial charge in [-0.25, -0.2) is 4.98 Å². The van der Waals surface area contributed by atoms with Crippen molar-refractivity contribution in [2.75, 3.05) is 12.4 Å². The molecule has 0 aliphatic carbocycles. The molecule has 2 aromatic heterocycles. The molecule has 2 heterocycles. The molecule has 1 atom stereocenters. The summed E-state index contributed by atoms with van der Waals surface area (Å²) in [5.74, 6) is 0.313. The Morgan fingerprint density at radius 3 is 2.71 bits per heavy atom. The van der Waals surface area contributed by atoms with Gasteiger partial charge in [0.05, 0.1) is 6.04 Å². The highest BCUT2D eigenvalue weighted by atomic mass is 16.2. The lowest BCUT2D eigenvalue weighted by molar-refractivity contribution is -0.126. The van der Waals surface area contributed by atoms with E-state index in [0.717, 1.165) is 22.2 Å². The van der Waals surface area contributed by atoms with Gasteiger partial charge < -0.3 is 15.2 Å². The van der Waals surface area contributed by atoms with Crippen molar-refractivity contribution >= 4 is 34.6 Å². The van der Waals surface area contributed by atoms with Crippen LogP contribution in [-0.4, -0.2) is 33.7 Å². The average molecular weight is 376 g/mol. The predicted molar refractivity (Wildman–Crippen MR) is 112 cm³/mol. The van der Waals surface area contributed by atoms with Gasteiger partial charge in [0.25, 0.3) is 0 Å². The van der Waals surface area contributed by atoms with E-state index in [2.05, 4.69) is 21.4 Å². The number of nitrogens with one attached hydrogen (secondary N) is 2. The summed E-state index contributed by atoms with van der Waals surface area (Å²) in [4.78, 5) is 33.2. The van der Waals surface area contributed by atoms with Crippen LogP contribution in [0.1, 0.15) is 37.6 Å². The molecule has 1 aromatic carbocycles. The van der Waals surface area contributed by atoms with Gasteiger partial charge in [0.15, 0.2) is 0 Å². The van der Waals surface area contributed by atoms with Crippen LogP contribution in [0.15, 0.2) is 54.7 Å². The minimum Gasteiger partial charge on any atom is -0.357 e. The molecule has 0 saturated carbocycles. The first kappa shape index (κ1) is 19.4. The molecular weight excluding hydrogens is 352 g/mol. The Kier molecular flexibility index (Phi) is 5.89. The number of fused-ring (bicyclic) bond motifs is 1. The number of hydrogen-bond donors (Lipinski definition) is 2. The first-order chi connectivity index (χ1) is 13.5. The number of pyridine rings is 1. The van der Waals surface area contributed by atoms with Crippen LogP contribution >= 0.6 is 0 Å². The number of rotatable bonds is 6. The monoisotopic (exact) mass is 376 g/mol. The van der Waals surface area contributed by atoms with Crippen LogP contribution in [0.5, 0.6) is 0 Å². The van der Waals surface area contributed by atoms with Crippen molar-refractivity contribution in [1.29, 1.82) is 0 Å². The van der Waals surface area contributed by atoms with Crippen molar-refractivity contribution in [3.8, 4) is 0 Å². The first-order valence-electron chi connectivity index (χ1n) is 9.26. The Bertz CT molecular complexity index is 972. The van der Waals surface area contributed by atoms with Gasteiger partial charge in [-0.3, -0.25) is 9.59 Å². The molecule has 0 saturated heterocycles. The lowest BCUT2D eigenvalue weighted by Crippen LogP contribution is -2.28. The van der Waals surface area contributed by atoms with Gasteiger partial charge in [-0.05, 0) is 48.2 Å². The summed E-state index contributed by atoms with van der Waals surface area (Å²) >= 11 is 0. The highest BCUT2D eigenvalue weighted by Crippen LogP contribution is 2.23. The van der Waals surface area contributed by atoms with Gasteiger partial charge in [-0.2, -0.15) is 0 Å². The van der Waals surface area contributed by atoms with Gasteiger partial charge in [0.1, 0.15) is 5.82 Å². The third kappa shape index (κ3) is 4.46. The summed E-state index contributed by atoms with van der Waals surface area (Å²) in [5.41, 5.74) is 2.83. The largest absolute Gasteiger partial charge is 0.357 e. The molecule has 0 aliphatic rings. The van der Waals surface area contributed by atoms with Crippen LogP contribution in [0.25, 0.3) is 17.0 Å². The number of hydrogen-bond acceptors (Lipinski definition) is 3. The molecule has 2 amide bonds. The van der Waals surface area contributed by atoms with Crippen molar-refractivity contribution in [3.05, 3.63) is 66.0 Å². The summed E-state index contributed by atoms with van der Waals surface area (Å²) < 4.78 is 0. The van der Waals surface area contributed by atoms with Gasteiger partial charge in [0.2, 0.25) is 11.8 Å². The molecular formula is C22H24N4O2. The molecule has 28 heavy (non-hydrogen) atoms. The van der Waals surface area contributed by atoms with Crippen molar-refractivity contribution in [3.63, 3.8) is 0 Å². The Hall–Kier alpha value is -3.41. The fourth-order valence-corrected chi connectivity index (χ4v) is 2.81. The van der Waals surface area contributed by atoms with Crippen LogP contribution in [0.3, 0.4) is 0 Å². The molecule has 0 bridgehead atoms. The zero-order valence-corrected chi connectivity index (χ0v) is 16.3. The van der Waals surface area contributed by atoms with E-state index < -0.39 is 0 Å². The van der Waals surface area contributed by atoms with E-state index in [0.29, 0.717) is 12.2 Å². The topological polar surface area (TPSA) is 78.1 Å². The number of aromatic amines is 1. The number of carbonyl (C=O) groups excluding carboxylic acids is 2. The molecule has 0 radical (unpaired) electrons. The fraction of sp³-hybridized carbons (Fsp3) is 0.227. The van der Waals surface area contributed by atoms with Crippen molar-refractivity contribution < 1.29 is 9.59 Å². The molecule has 3 aromatic rings. The van der Waals surface area contributed by atoms with Gasteiger partial charge in [0, 0.05) is 37.0 Å². The second kappa shape index (κ2) is 8.52. The van der Waals surface area contributed by atoms with E-state index in [1.54, 1.807) is 37.2 Å². The van der Waals surface area contributed by atoms with Gasteiger partial charge in [-0.1, -0.05) is 25.1 Å². The molecule has 0 aliphatic heterocycles. The molecule has 6 nitrogen and oxygen atoms in total. The number of para-hydroxylation sites is 1. The highest BCUT2D eigenvalue weighted by Gasteiger charge is 2.17. The second-order valence-electron chi connectivity index (χ2n) is 6.65. The number of benzene rings is 1. The molecule has 144 valence electrons. The molecule has 6 heteroatoms. The standard InChI is InChI=1S/C22H24N4O2/c1-4-21(27)25-20-11-9-16(14-23-20)10-12-22(28)26(3)15(2)19-13-17-7-5-6-8-18(17)24-19/h5-15,24H,4H2,1-3H3,(H,23,25,27). The molecule has 2 N–H and O–H groups in total. The number of nitrogens with zero attached hydrogens (tertiary/aromatic N) is 2. The van der Waals surface area contributed by atoms with Crippen LogP contribution in [-0.2, 0) is 9.59 Å². The molecule has 3 rings (SSSR count). The molecule has 0 spiro atoms. The maximum atomic E-state index is 12.5. The lowest BCUT2D eigenvalue weighted by atomic mass is 10.2. The van der Waals surface area contributed by atoms with Crippen molar-refractivity contribution in [2.45, 2.75) is 26.3 Å². The summed E-state index contributed by atoms with van der Waals surface area (Å²) in [6, 6.07) is 13.6. The van der Waals surface area contributed by atoms with Crippen molar-refractivity contribution in [1.82, 2.24) is 14.9 Å². The maximum Gasteiger partial charge on any atom is 0.246 e. The average Bonchev–Trinajstić information content (AvgIpc) is 3.16. The predicted octanol–water partition coefficient (Wildman–Crippen LogP) is 4.14. The van der Waals surface area contributed by atoms with Crippen LogP contribution < -0.4 is 5.32 Å². The number of H-pyrrole nitrogens is 1. The highest BCUT2D eigenvalue weighted by molar-refractivity contribution is 5.92. The third-order valence-corrected chi connectivity index (χ3v) is 4.72. The third-order valence-electron chi connectivity index (χ3n) is 4.72. The summed E-state index contributed by atoms with van der Waals surface area (Å²) in [6.07, 6.45) is 5.27. The minimum absolute atomic E-state index is 0.0847. The van der Waals surface area contributed by atoms with Gasteiger partial charge in [-0.15, -0.1) is 0 Å². The second-order valence-corrected chi connectivity index (χ2v) is 6.65. The summed E-state index contributed by atoms with van der Waals surface area (Å²) in [5, 5.41) is 3.82. The quantitative estimate of drug-likeness (QED) is 0.635. The Labute approximate surface area is 164 Å². The van der Waals surface area contributed by atoms with E-state index in [-0.39, 0.29) is 17.9 Å². The zero-order chi connectivity index (χ0) is 20.1. The maximum absolute atomic E-state index is 12.5. The SMILES string of the molecule is CCC(=O)Nc1ccc(C=CC(=O)N(C)C(C)c2cc3ccccc3[nH]2)cn1.